The smallest absolute Gasteiger partial charge is 0.253 e. The summed E-state index contributed by atoms with van der Waals surface area (Å²) >= 11 is 0. The Morgan fingerprint density at radius 3 is 2.63 bits per heavy atom. The van der Waals surface area contributed by atoms with E-state index in [2.05, 4.69) is 6.07 Å². The van der Waals surface area contributed by atoms with Crippen molar-refractivity contribution in [3.05, 3.63) is 53.9 Å². The van der Waals surface area contributed by atoms with Gasteiger partial charge in [0.25, 0.3) is 5.69 Å². The molecule has 1 aromatic carbocycles. The molecule has 2 aromatic rings. The maximum absolute atomic E-state index is 11.0. The first kappa shape index (κ1) is 13.4. The van der Waals surface area contributed by atoms with Gasteiger partial charge in [0, 0.05) is 30.2 Å². The van der Waals surface area contributed by atoms with Crippen LogP contribution >= 0.6 is 0 Å². The lowest BCUT2D eigenvalue weighted by Gasteiger charge is -2.02. The number of aromatic nitrogens is 1. The maximum atomic E-state index is 11.0. The van der Waals surface area contributed by atoms with Gasteiger partial charge in [-0.1, -0.05) is 12.1 Å². The van der Waals surface area contributed by atoms with Crippen molar-refractivity contribution in [1.29, 1.82) is 0 Å². The number of benzene rings is 1. The van der Waals surface area contributed by atoms with Crippen LogP contribution in [0.25, 0.3) is 5.69 Å². The minimum Gasteiger partial charge on any atom is -1.00 e. The summed E-state index contributed by atoms with van der Waals surface area (Å²) in [5, 5.41) is 0. The summed E-state index contributed by atoms with van der Waals surface area (Å²) in [6, 6.07) is 9.49. The summed E-state index contributed by atoms with van der Waals surface area (Å²) < 4.78 is 7.58. The fourth-order valence-electron chi connectivity index (χ4n) is 2.15. The Hall–Kier alpha value is -2.07. The van der Waals surface area contributed by atoms with Crippen LogP contribution in [0.3, 0.4) is 0 Å². The number of ether oxygens (including phenoxy) is 1. The zero-order valence-electron chi connectivity index (χ0n) is 10.2. The predicted octanol–water partition coefficient (Wildman–Crippen LogP) is -2.00. The Labute approximate surface area is 117 Å². The SMILES string of the molecule is NC(=O)c1cc[n+](-c2cccc3c2OCC3)cc1.[Cl-]. The Kier molecular flexibility index (Phi) is 3.71. The van der Waals surface area contributed by atoms with E-state index in [1.165, 1.54) is 5.56 Å². The number of nitrogens with zero attached hydrogens (tertiary/aromatic N) is 1. The predicted molar refractivity (Wildman–Crippen MR) is 65.7 cm³/mol. The zero-order valence-corrected chi connectivity index (χ0v) is 10.9. The monoisotopic (exact) mass is 276 g/mol. The van der Waals surface area contributed by atoms with Crippen LogP contribution in [-0.2, 0) is 6.42 Å². The first-order valence-corrected chi connectivity index (χ1v) is 5.82. The van der Waals surface area contributed by atoms with Crippen molar-refractivity contribution >= 4 is 5.91 Å². The summed E-state index contributed by atoms with van der Waals surface area (Å²) in [7, 11) is 0. The molecule has 4 nitrogen and oxygen atoms in total. The average molecular weight is 277 g/mol. The molecule has 0 spiro atoms. The Balaban J connectivity index is 0.00000133. The maximum Gasteiger partial charge on any atom is 0.253 e. The number of halogens is 1. The molecule has 2 N–H and O–H groups in total. The molecular weight excluding hydrogens is 264 g/mol. The average Bonchev–Trinajstić information content (AvgIpc) is 2.87. The third-order valence-corrected chi connectivity index (χ3v) is 3.09. The van der Waals surface area contributed by atoms with E-state index in [4.69, 9.17) is 10.5 Å². The number of carbonyl (C=O) groups excluding carboxylic acids is 1. The van der Waals surface area contributed by atoms with E-state index in [0.717, 1.165) is 24.5 Å². The van der Waals surface area contributed by atoms with Crippen LogP contribution in [-0.4, -0.2) is 12.5 Å². The molecule has 0 saturated heterocycles. The molecular formula is C14H13ClN2O2. The van der Waals surface area contributed by atoms with Gasteiger partial charge in [-0.15, -0.1) is 0 Å². The van der Waals surface area contributed by atoms with E-state index >= 15 is 0 Å². The molecule has 1 aliphatic heterocycles. The molecule has 2 heterocycles. The lowest BCUT2D eigenvalue weighted by Crippen LogP contribution is -3.00. The number of pyridine rings is 1. The van der Waals surface area contributed by atoms with Gasteiger partial charge in [0.15, 0.2) is 18.1 Å². The quantitative estimate of drug-likeness (QED) is 0.645. The lowest BCUT2D eigenvalue weighted by atomic mass is 10.1. The molecule has 1 aliphatic rings. The van der Waals surface area contributed by atoms with E-state index in [0.29, 0.717) is 5.56 Å². The largest absolute Gasteiger partial charge is 1.00 e. The summed E-state index contributed by atoms with van der Waals surface area (Å²) in [5.41, 5.74) is 7.93. The van der Waals surface area contributed by atoms with Crippen LogP contribution < -0.4 is 27.4 Å². The number of hydrogen-bond acceptors (Lipinski definition) is 2. The number of hydrogen-bond donors (Lipinski definition) is 1. The molecule has 0 atom stereocenters. The molecule has 0 radical (unpaired) electrons. The van der Waals surface area contributed by atoms with Gasteiger partial charge in [0.05, 0.1) is 12.2 Å². The number of fused-ring (bicyclic) bond motifs is 1. The lowest BCUT2D eigenvalue weighted by molar-refractivity contribution is -0.596. The van der Waals surface area contributed by atoms with Crippen molar-refractivity contribution < 1.29 is 26.5 Å². The summed E-state index contributed by atoms with van der Waals surface area (Å²) in [6.07, 6.45) is 4.58. The van der Waals surface area contributed by atoms with E-state index < -0.39 is 5.91 Å². The molecule has 1 amide bonds. The second-order valence-corrected chi connectivity index (χ2v) is 4.22. The minimum atomic E-state index is -0.420. The molecule has 3 rings (SSSR count). The Morgan fingerprint density at radius 2 is 1.95 bits per heavy atom. The first-order chi connectivity index (χ1) is 8.75. The molecule has 98 valence electrons. The highest BCUT2D eigenvalue weighted by molar-refractivity contribution is 5.92. The van der Waals surface area contributed by atoms with E-state index in [-0.39, 0.29) is 12.4 Å². The first-order valence-electron chi connectivity index (χ1n) is 5.82. The van der Waals surface area contributed by atoms with Crippen molar-refractivity contribution in [2.24, 2.45) is 5.73 Å². The third-order valence-electron chi connectivity index (χ3n) is 3.09. The summed E-state index contributed by atoms with van der Waals surface area (Å²) in [6.45, 7) is 0.728. The van der Waals surface area contributed by atoms with Crippen LogP contribution in [0, 0.1) is 0 Å². The Morgan fingerprint density at radius 1 is 1.21 bits per heavy atom. The fourth-order valence-corrected chi connectivity index (χ4v) is 2.15. The fraction of sp³-hybridized carbons (Fsp3) is 0.143. The molecule has 1 aromatic heterocycles. The van der Waals surface area contributed by atoms with Crippen molar-refractivity contribution in [1.82, 2.24) is 0 Å². The highest BCUT2D eigenvalue weighted by Crippen LogP contribution is 2.29. The third kappa shape index (κ3) is 2.39. The molecule has 0 aliphatic carbocycles. The summed E-state index contributed by atoms with van der Waals surface area (Å²) in [5.74, 6) is 0.506. The summed E-state index contributed by atoms with van der Waals surface area (Å²) in [4.78, 5) is 11.0. The topological polar surface area (TPSA) is 56.2 Å². The second kappa shape index (κ2) is 5.28. The van der Waals surface area contributed by atoms with Gasteiger partial charge in [-0.3, -0.25) is 4.79 Å². The van der Waals surface area contributed by atoms with Crippen LogP contribution in [0.4, 0.5) is 0 Å². The van der Waals surface area contributed by atoms with Crippen LogP contribution in [0.5, 0.6) is 5.75 Å². The van der Waals surface area contributed by atoms with Crippen molar-refractivity contribution in [3.8, 4) is 11.4 Å². The van der Waals surface area contributed by atoms with Gasteiger partial charge < -0.3 is 22.9 Å². The van der Waals surface area contributed by atoms with Crippen molar-refractivity contribution in [2.45, 2.75) is 6.42 Å². The highest BCUT2D eigenvalue weighted by atomic mass is 35.5. The number of carbonyl (C=O) groups is 1. The standard InChI is InChI=1S/C14H12N2O2.ClH/c15-14(17)11-4-7-16(8-5-11)12-3-1-2-10-6-9-18-13(10)12;/h1-5,7-8H,6,9H2,(H-,15,17);1H. The van der Waals surface area contributed by atoms with Gasteiger partial charge >= 0.3 is 0 Å². The molecule has 0 unspecified atom stereocenters. The number of rotatable bonds is 2. The number of amides is 1. The van der Waals surface area contributed by atoms with Crippen molar-refractivity contribution in [2.75, 3.05) is 6.61 Å². The van der Waals surface area contributed by atoms with E-state index in [1.54, 1.807) is 12.1 Å². The van der Waals surface area contributed by atoms with Crippen LogP contribution in [0.15, 0.2) is 42.7 Å². The van der Waals surface area contributed by atoms with Crippen molar-refractivity contribution in [3.63, 3.8) is 0 Å². The Bertz CT molecular complexity index is 611. The molecule has 0 bridgehead atoms. The number of nitrogens with two attached hydrogens (primary N) is 1. The van der Waals surface area contributed by atoms with Crippen LogP contribution in [0.1, 0.15) is 15.9 Å². The second-order valence-electron chi connectivity index (χ2n) is 4.22. The van der Waals surface area contributed by atoms with Gasteiger partial charge in [-0.25, -0.2) is 0 Å². The van der Waals surface area contributed by atoms with Crippen LogP contribution in [0.2, 0.25) is 0 Å². The number of para-hydroxylation sites is 1. The van der Waals surface area contributed by atoms with Gasteiger partial charge in [0.1, 0.15) is 0 Å². The molecule has 0 fully saturated rings. The molecule has 0 saturated carbocycles. The highest BCUT2D eigenvalue weighted by Gasteiger charge is 2.22. The zero-order chi connectivity index (χ0) is 12.5. The van der Waals surface area contributed by atoms with Gasteiger partial charge in [-0.2, -0.15) is 4.57 Å². The normalized spacial score (nSPS) is 12.2. The number of primary amides is 1. The minimum absolute atomic E-state index is 0. The van der Waals surface area contributed by atoms with Gasteiger partial charge in [0.2, 0.25) is 5.91 Å². The molecule has 19 heavy (non-hydrogen) atoms. The van der Waals surface area contributed by atoms with E-state index in [9.17, 15) is 4.79 Å². The van der Waals surface area contributed by atoms with E-state index in [1.807, 2.05) is 29.1 Å². The molecule has 5 heteroatoms. The van der Waals surface area contributed by atoms with Gasteiger partial charge in [-0.05, 0) is 0 Å².